The summed E-state index contributed by atoms with van der Waals surface area (Å²) in [4.78, 5) is 8.71. The Hall–Kier alpha value is -2.30. The van der Waals surface area contributed by atoms with E-state index < -0.39 is 0 Å². The van der Waals surface area contributed by atoms with Crippen molar-refractivity contribution in [1.82, 2.24) is 20.2 Å². The Morgan fingerprint density at radius 2 is 1.96 bits per heavy atom. The quantitative estimate of drug-likeness (QED) is 0.447. The number of aliphatic imine (C=N–C) groups is 1. The van der Waals surface area contributed by atoms with Crippen molar-refractivity contribution in [2.24, 2.45) is 4.99 Å². The Bertz CT molecular complexity index is 588. The molecule has 23 heavy (non-hydrogen) atoms. The molecule has 0 radical (unpaired) electrons. The van der Waals surface area contributed by atoms with Crippen LogP contribution in [0.1, 0.15) is 31.2 Å². The lowest BCUT2D eigenvalue weighted by molar-refractivity contribution is 0.687. The first-order valence-electron chi connectivity index (χ1n) is 8.32. The summed E-state index contributed by atoms with van der Waals surface area (Å²) >= 11 is 0. The molecule has 0 aliphatic rings. The van der Waals surface area contributed by atoms with Gasteiger partial charge in [-0.05, 0) is 12.0 Å². The summed E-state index contributed by atoms with van der Waals surface area (Å²) in [6.07, 6.45) is 7.11. The Morgan fingerprint density at radius 1 is 1.17 bits per heavy atom. The van der Waals surface area contributed by atoms with Gasteiger partial charge >= 0.3 is 0 Å². The van der Waals surface area contributed by atoms with E-state index in [0.29, 0.717) is 0 Å². The summed E-state index contributed by atoms with van der Waals surface area (Å²) in [5.41, 5.74) is 1.29. The van der Waals surface area contributed by atoms with Gasteiger partial charge in [-0.25, -0.2) is 4.98 Å². The van der Waals surface area contributed by atoms with E-state index in [1.54, 1.807) is 7.05 Å². The maximum Gasteiger partial charge on any atom is 0.190 e. The number of benzene rings is 1. The molecule has 1 heterocycles. The van der Waals surface area contributed by atoms with Gasteiger partial charge in [0.25, 0.3) is 0 Å². The lowest BCUT2D eigenvalue weighted by Crippen LogP contribution is -2.38. The van der Waals surface area contributed by atoms with E-state index in [4.69, 9.17) is 0 Å². The molecule has 0 fully saturated rings. The molecule has 124 valence electrons. The number of nitrogens with zero attached hydrogens (tertiary/aromatic N) is 3. The van der Waals surface area contributed by atoms with E-state index in [-0.39, 0.29) is 0 Å². The standard InChI is InChI=1S/C18H27N5/c1-3-4-11-21-18(19-2)22-12-10-17-20-13-14-23(17)15-16-8-6-5-7-9-16/h5-9,13-14H,3-4,10-12,15H2,1-2H3,(H2,19,21,22). The van der Waals surface area contributed by atoms with Gasteiger partial charge < -0.3 is 15.2 Å². The fourth-order valence-electron chi connectivity index (χ4n) is 2.39. The number of imidazole rings is 1. The molecule has 1 aromatic carbocycles. The first-order valence-corrected chi connectivity index (χ1v) is 8.32. The third kappa shape index (κ3) is 5.77. The van der Waals surface area contributed by atoms with Crippen LogP contribution in [0, 0.1) is 0 Å². The average molecular weight is 313 g/mol. The fourth-order valence-corrected chi connectivity index (χ4v) is 2.39. The van der Waals surface area contributed by atoms with Gasteiger partial charge in [0.1, 0.15) is 5.82 Å². The third-order valence-corrected chi connectivity index (χ3v) is 3.68. The largest absolute Gasteiger partial charge is 0.356 e. The predicted octanol–water partition coefficient (Wildman–Crippen LogP) is 2.44. The number of aromatic nitrogens is 2. The zero-order valence-corrected chi connectivity index (χ0v) is 14.1. The maximum absolute atomic E-state index is 4.47. The molecule has 0 atom stereocenters. The number of guanidine groups is 1. The summed E-state index contributed by atoms with van der Waals surface area (Å²) in [5.74, 6) is 1.95. The SMILES string of the molecule is CCCCNC(=NC)NCCc1nccn1Cc1ccccc1. The molecule has 0 aliphatic carbocycles. The van der Waals surface area contributed by atoms with Crippen molar-refractivity contribution in [3.63, 3.8) is 0 Å². The van der Waals surface area contributed by atoms with Gasteiger partial charge in [0.2, 0.25) is 0 Å². The van der Waals surface area contributed by atoms with Crippen LogP contribution in [0.2, 0.25) is 0 Å². The smallest absolute Gasteiger partial charge is 0.190 e. The molecule has 0 aliphatic heterocycles. The minimum Gasteiger partial charge on any atom is -0.356 e. The van der Waals surface area contributed by atoms with E-state index in [0.717, 1.165) is 44.3 Å². The molecular weight excluding hydrogens is 286 g/mol. The van der Waals surface area contributed by atoms with Gasteiger partial charge in [0.15, 0.2) is 5.96 Å². The summed E-state index contributed by atoms with van der Waals surface area (Å²) in [6, 6.07) is 10.5. The van der Waals surface area contributed by atoms with Gasteiger partial charge in [0, 0.05) is 45.5 Å². The van der Waals surface area contributed by atoms with Gasteiger partial charge in [-0.15, -0.1) is 0 Å². The van der Waals surface area contributed by atoms with E-state index in [2.05, 4.69) is 56.4 Å². The van der Waals surface area contributed by atoms with E-state index in [9.17, 15) is 0 Å². The van der Waals surface area contributed by atoms with Crippen LogP contribution in [0.5, 0.6) is 0 Å². The van der Waals surface area contributed by atoms with E-state index in [1.165, 1.54) is 12.0 Å². The van der Waals surface area contributed by atoms with E-state index >= 15 is 0 Å². The van der Waals surface area contributed by atoms with Crippen LogP contribution in [-0.4, -0.2) is 35.6 Å². The average Bonchev–Trinajstić information content (AvgIpc) is 3.01. The molecule has 0 amide bonds. The van der Waals surface area contributed by atoms with Gasteiger partial charge in [-0.1, -0.05) is 43.7 Å². The van der Waals surface area contributed by atoms with Crippen LogP contribution in [0.15, 0.2) is 47.7 Å². The Labute approximate surface area is 138 Å². The molecule has 0 unspecified atom stereocenters. The Morgan fingerprint density at radius 3 is 2.70 bits per heavy atom. The second-order valence-electron chi connectivity index (χ2n) is 5.49. The lowest BCUT2D eigenvalue weighted by Gasteiger charge is -2.12. The molecule has 5 heteroatoms. The maximum atomic E-state index is 4.47. The summed E-state index contributed by atoms with van der Waals surface area (Å²) in [5, 5.41) is 6.66. The summed E-state index contributed by atoms with van der Waals surface area (Å²) in [6.45, 7) is 4.82. The van der Waals surface area contributed by atoms with Crippen LogP contribution in [0.25, 0.3) is 0 Å². The minimum atomic E-state index is 0.817. The Kier molecular flexibility index (Phi) is 7.17. The second-order valence-corrected chi connectivity index (χ2v) is 5.49. The van der Waals surface area contributed by atoms with Gasteiger partial charge in [-0.3, -0.25) is 4.99 Å². The monoisotopic (exact) mass is 313 g/mol. The highest BCUT2D eigenvalue weighted by Gasteiger charge is 2.04. The molecule has 2 N–H and O–H groups in total. The van der Waals surface area contributed by atoms with Crippen LogP contribution in [0.4, 0.5) is 0 Å². The van der Waals surface area contributed by atoms with Crippen molar-refractivity contribution in [3.05, 3.63) is 54.1 Å². The lowest BCUT2D eigenvalue weighted by atomic mass is 10.2. The highest BCUT2D eigenvalue weighted by Crippen LogP contribution is 2.05. The van der Waals surface area contributed by atoms with Crippen LogP contribution >= 0.6 is 0 Å². The number of unbranched alkanes of at least 4 members (excludes halogenated alkanes) is 1. The molecule has 0 spiro atoms. The minimum absolute atomic E-state index is 0.817. The summed E-state index contributed by atoms with van der Waals surface area (Å²) < 4.78 is 2.20. The number of hydrogen-bond donors (Lipinski definition) is 2. The number of hydrogen-bond acceptors (Lipinski definition) is 2. The van der Waals surface area contributed by atoms with Crippen LogP contribution < -0.4 is 10.6 Å². The Balaban J connectivity index is 1.81. The molecular formula is C18H27N5. The molecule has 0 saturated heterocycles. The highest BCUT2D eigenvalue weighted by atomic mass is 15.2. The molecule has 2 aromatic rings. The molecule has 5 nitrogen and oxygen atoms in total. The third-order valence-electron chi connectivity index (χ3n) is 3.68. The topological polar surface area (TPSA) is 54.2 Å². The van der Waals surface area contributed by atoms with Crippen molar-refractivity contribution in [1.29, 1.82) is 0 Å². The van der Waals surface area contributed by atoms with Crippen molar-refractivity contribution < 1.29 is 0 Å². The molecule has 0 saturated carbocycles. The van der Waals surface area contributed by atoms with Crippen molar-refractivity contribution in [2.45, 2.75) is 32.7 Å². The zero-order valence-electron chi connectivity index (χ0n) is 14.1. The molecule has 2 rings (SSSR count). The van der Waals surface area contributed by atoms with Crippen molar-refractivity contribution >= 4 is 5.96 Å². The highest BCUT2D eigenvalue weighted by molar-refractivity contribution is 5.79. The normalized spacial score (nSPS) is 11.5. The summed E-state index contributed by atoms with van der Waals surface area (Å²) in [7, 11) is 1.80. The second kappa shape index (κ2) is 9.66. The van der Waals surface area contributed by atoms with Crippen molar-refractivity contribution in [2.75, 3.05) is 20.1 Å². The van der Waals surface area contributed by atoms with Crippen LogP contribution in [-0.2, 0) is 13.0 Å². The van der Waals surface area contributed by atoms with E-state index in [1.807, 2.05) is 18.5 Å². The molecule has 1 aromatic heterocycles. The molecule has 0 bridgehead atoms. The predicted molar refractivity (Wildman–Crippen MR) is 95.7 cm³/mol. The van der Waals surface area contributed by atoms with Crippen molar-refractivity contribution in [3.8, 4) is 0 Å². The first kappa shape index (κ1) is 17.1. The fraction of sp³-hybridized carbons (Fsp3) is 0.444. The number of rotatable bonds is 8. The van der Waals surface area contributed by atoms with Crippen LogP contribution in [0.3, 0.4) is 0 Å². The zero-order chi connectivity index (χ0) is 16.3. The first-order chi connectivity index (χ1) is 11.3. The number of nitrogens with one attached hydrogen (secondary N) is 2. The van der Waals surface area contributed by atoms with Gasteiger partial charge in [-0.2, -0.15) is 0 Å². The van der Waals surface area contributed by atoms with Gasteiger partial charge in [0.05, 0.1) is 0 Å².